The van der Waals surface area contributed by atoms with Crippen molar-refractivity contribution in [1.82, 2.24) is 25.2 Å². The molecule has 2 aromatic heterocycles. The highest BCUT2D eigenvalue weighted by atomic mass is 16.5. The molecule has 7 heteroatoms. The lowest BCUT2D eigenvalue weighted by Crippen LogP contribution is -2.45. The number of fused-ring (bicyclic) bond motifs is 1. The third-order valence-electron chi connectivity index (χ3n) is 3.45. The van der Waals surface area contributed by atoms with Crippen LogP contribution in [0.1, 0.15) is 21.9 Å². The summed E-state index contributed by atoms with van der Waals surface area (Å²) in [6.07, 6.45) is 0.0183. The van der Waals surface area contributed by atoms with E-state index in [9.17, 15) is 4.79 Å². The van der Waals surface area contributed by atoms with E-state index in [-0.39, 0.29) is 12.0 Å². The molecule has 0 aromatic carbocycles. The standard InChI is InChI=1S/C14H19N5O2/c1-9-5-13-17-12(6-10(2)19(13)18-9)14(20)16-8-11-7-15-3-4-21-11/h5-6,11,15H,3-4,7-8H2,1-2H3,(H,16,20). The van der Waals surface area contributed by atoms with Gasteiger partial charge in [-0.15, -0.1) is 0 Å². The van der Waals surface area contributed by atoms with Crippen LogP contribution in [0.15, 0.2) is 12.1 Å². The number of morpholine rings is 1. The van der Waals surface area contributed by atoms with Gasteiger partial charge in [0, 0.05) is 31.4 Å². The Bertz CT molecular complexity index is 661. The fraction of sp³-hybridized carbons (Fsp3) is 0.500. The van der Waals surface area contributed by atoms with Gasteiger partial charge < -0.3 is 15.4 Å². The predicted molar refractivity (Wildman–Crippen MR) is 77.4 cm³/mol. The van der Waals surface area contributed by atoms with Crippen LogP contribution in [0.2, 0.25) is 0 Å². The smallest absolute Gasteiger partial charge is 0.270 e. The normalized spacial score (nSPS) is 18.9. The highest BCUT2D eigenvalue weighted by Crippen LogP contribution is 2.09. The second kappa shape index (κ2) is 5.79. The van der Waals surface area contributed by atoms with Crippen molar-refractivity contribution in [2.24, 2.45) is 0 Å². The monoisotopic (exact) mass is 289 g/mol. The predicted octanol–water partition coefficient (Wildman–Crippen LogP) is 0.0643. The Hall–Kier alpha value is -1.99. The van der Waals surface area contributed by atoms with E-state index in [1.807, 2.05) is 19.9 Å². The van der Waals surface area contributed by atoms with Gasteiger partial charge >= 0.3 is 0 Å². The molecule has 1 atom stereocenters. The second-order valence-electron chi connectivity index (χ2n) is 5.25. The SMILES string of the molecule is Cc1cc2nc(C(=O)NCC3CNCCO3)cc(C)n2n1. The van der Waals surface area contributed by atoms with Crippen molar-refractivity contribution in [3.8, 4) is 0 Å². The Morgan fingerprint density at radius 3 is 3.14 bits per heavy atom. The van der Waals surface area contributed by atoms with E-state index in [0.717, 1.165) is 24.5 Å². The van der Waals surface area contributed by atoms with Crippen molar-refractivity contribution in [2.75, 3.05) is 26.2 Å². The van der Waals surface area contributed by atoms with E-state index in [1.165, 1.54) is 0 Å². The van der Waals surface area contributed by atoms with E-state index >= 15 is 0 Å². The third-order valence-corrected chi connectivity index (χ3v) is 3.45. The first-order valence-electron chi connectivity index (χ1n) is 7.08. The van der Waals surface area contributed by atoms with Crippen LogP contribution in [0.5, 0.6) is 0 Å². The Labute approximate surface area is 122 Å². The van der Waals surface area contributed by atoms with Crippen molar-refractivity contribution in [3.05, 3.63) is 29.2 Å². The second-order valence-corrected chi connectivity index (χ2v) is 5.25. The molecule has 0 spiro atoms. The molecule has 0 bridgehead atoms. The maximum Gasteiger partial charge on any atom is 0.270 e. The summed E-state index contributed by atoms with van der Waals surface area (Å²) < 4.78 is 7.29. The van der Waals surface area contributed by atoms with Gasteiger partial charge in [-0.1, -0.05) is 0 Å². The molecular weight excluding hydrogens is 270 g/mol. The first-order chi connectivity index (χ1) is 10.1. The van der Waals surface area contributed by atoms with Crippen molar-refractivity contribution >= 4 is 11.6 Å². The zero-order chi connectivity index (χ0) is 14.8. The van der Waals surface area contributed by atoms with E-state index in [0.29, 0.717) is 24.5 Å². The van der Waals surface area contributed by atoms with Crippen LogP contribution >= 0.6 is 0 Å². The lowest BCUT2D eigenvalue weighted by Gasteiger charge is -2.23. The number of rotatable bonds is 3. The molecule has 1 amide bonds. The number of ether oxygens (including phenoxy) is 1. The number of carbonyl (C=O) groups is 1. The van der Waals surface area contributed by atoms with Crippen LogP contribution in [0.3, 0.4) is 0 Å². The van der Waals surface area contributed by atoms with Gasteiger partial charge in [-0.3, -0.25) is 4.79 Å². The van der Waals surface area contributed by atoms with Crippen LogP contribution in [0, 0.1) is 13.8 Å². The minimum absolute atomic E-state index is 0.0183. The zero-order valence-electron chi connectivity index (χ0n) is 12.2. The summed E-state index contributed by atoms with van der Waals surface area (Å²) in [4.78, 5) is 16.6. The number of amides is 1. The highest BCUT2D eigenvalue weighted by molar-refractivity contribution is 5.92. The summed E-state index contributed by atoms with van der Waals surface area (Å²) in [5, 5.41) is 10.4. The average Bonchev–Trinajstić information content (AvgIpc) is 2.87. The van der Waals surface area contributed by atoms with Gasteiger partial charge in [-0.25, -0.2) is 9.50 Å². The molecule has 1 aliphatic rings. The van der Waals surface area contributed by atoms with Gasteiger partial charge in [0.15, 0.2) is 5.65 Å². The molecule has 3 rings (SSSR count). The van der Waals surface area contributed by atoms with Crippen molar-refractivity contribution < 1.29 is 9.53 Å². The Morgan fingerprint density at radius 1 is 1.52 bits per heavy atom. The van der Waals surface area contributed by atoms with E-state index < -0.39 is 0 Å². The molecule has 0 saturated carbocycles. The molecule has 1 unspecified atom stereocenters. The van der Waals surface area contributed by atoms with E-state index in [2.05, 4.69) is 20.7 Å². The Morgan fingerprint density at radius 2 is 2.38 bits per heavy atom. The lowest BCUT2D eigenvalue weighted by atomic mass is 10.2. The summed E-state index contributed by atoms with van der Waals surface area (Å²) in [6, 6.07) is 3.60. The summed E-state index contributed by atoms with van der Waals surface area (Å²) in [7, 11) is 0. The largest absolute Gasteiger partial charge is 0.374 e. The van der Waals surface area contributed by atoms with Crippen LogP contribution in [0.25, 0.3) is 5.65 Å². The molecule has 2 aromatic rings. The first-order valence-corrected chi connectivity index (χ1v) is 7.08. The first kappa shape index (κ1) is 14.0. The Kier molecular flexibility index (Phi) is 3.85. The number of aryl methyl sites for hydroxylation is 2. The quantitative estimate of drug-likeness (QED) is 0.835. The fourth-order valence-corrected chi connectivity index (χ4v) is 2.40. The molecule has 1 fully saturated rings. The van der Waals surface area contributed by atoms with Crippen molar-refractivity contribution in [2.45, 2.75) is 20.0 Å². The molecule has 1 aliphatic heterocycles. The molecule has 1 saturated heterocycles. The number of nitrogens with zero attached hydrogens (tertiary/aromatic N) is 3. The third kappa shape index (κ3) is 3.03. The van der Waals surface area contributed by atoms with E-state index in [1.54, 1.807) is 10.6 Å². The summed E-state index contributed by atoms with van der Waals surface area (Å²) in [5.41, 5.74) is 2.86. The summed E-state index contributed by atoms with van der Waals surface area (Å²) >= 11 is 0. The van der Waals surface area contributed by atoms with Crippen LogP contribution < -0.4 is 10.6 Å². The number of hydrogen-bond donors (Lipinski definition) is 2. The van der Waals surface area contributed by atoms with Gasteiger partial charge in [-0.05, 0) is 19.9 Å². The number of aromatic nitrogens is 3. The van der Waals surface area contributed by atoms with Gasteiger partial charge in [0.2, 0.25) is 0 Å². The summed E-state index contributed by atoms with van der Waals surface area (Å²) in [6.45, 7) is 6.60. The molecule has 3 heterocycles. The Balaban J connectivity index is 1.71. The molecule has 0 radical (unpaired) electrons. The minimum Gasteiger partial charge on any atom is -0.374 e. The van der Waals surface area contributed by atoms with Crippen LogP contribution in [-0.4, -0.2) is 52.9 Å². The number of carbonyl (C=O) groups excluding carboxylic acids is 1. The zero-order valence-corrected chi connectivity index (χ0v) is 12.2. The molecule has 7 nitrogen and oxygen atoms in total. The van der Waals surface area contributed by atoms with Gasteiger partial charge in [0.1, 0.15) is 5.69 Å². The lowest BCUT2D eigenvalue weighted by molar-refractivity contribution is 0.0287. The van der Waals surface area contributed by atoms with Crippen LogP contribution in [0.4, 0.5) is 0 Å². The number of nitrogens with one attached hydrogen (secondary N) is 2. The fourth-order valence-electron chi connectivity index (χ4n) is 2.40. The summed E-state index contributed by atoms with van der Waals surface area (Å²) in [5.74, 6) is -0.186. The maximum absolute atomic E-state index is 12.2. The molecule has 112 valence electrons. The van der Waals surface area contributed by atoms with Gasteiger partial charge in [-0.2, -0.15) is 5.10 Å². The molecule has 0 aliphatic carbocycles. The maximum atomic E-state index is 12.2. The van der Waals surface area contributed by atoms with Crippen LogP contribution in [-0.2, 0) is 4.74 Å². The van der Waals surface area contributed by atoms with Gasteiger partial charge in [0.05, 0.1) is 18.4 Å². The molecule has 2 N–H and O–H groups in total. The number of hydrogen-bond acceptors (Lipinski definition) is 5. The van der Waals surface area contributed by atoms with E-state index in [4.69, 9.17) is 4.74 Å². The van der Waals surface area contributed by atoms with Gasteiger partial charge in [0.25, 0.3) is 5.91 Å². The topological polar surface area (TPSA) is 80.5 Å². The minimum atomic E-state index is -0.186. The highest BCUT2D eigenvalue weighted by Gasteiger charge is 2.16. The van der Waals surface area contributed by atoms with Crippen molar-refractivity contribution in [3.63, 3.8) is 0 Å². The average molecular weight is 289 g/mol. The molecule has 21 heavy (non-hydrogen) atoms. The van der Waals surface area contributed by atoms with Crippen molar-refractivity contribution in [1.29, 1.82) is 0 Å². The molecular formula is C14H19N5O2.